The van der Waals surface area contributed by atoms with Gasteiger partial charge in [-0.1, -0.05) is 25.1 Å². The third-order valence-electron chi connectivity index (χ3n) is 5.09. The number of aromatic nitrogens is 2. The number of non-ortho nitro benzene ring substituents is 1. The zero-order chi connectivity index (χ0) is 22.9. The van der Waals surface area contributed by atoms with E-state index in [2.05, 4.69) is 11.9 Å². The maximum Gasteiger partial charge on any atom is 0.270 e. The Bertz CT molecular complexity index is 1290. The first-order valence-electron chi connectivity index (χ1n) is 9.94. The molecule has 12 heteroatoms. The van der Waals surface area contributed by atoms with Crippen LogP contribution < -0.4 is 9.88 Å². The van der Waals surface area contributed by atoms with Crippen molar-refractivity contribution in [1.82, 2.24) is 9.55 Å². The predicted molar refractivity (Wildman–Crippen MR) is 119 cm³/mol. The fourth-order valence-corrected chi connectivity index (χ4v) is 5.08. The lowest BCUT2D eigenvalue weighted by Crippen LogP contribution is -2.13. The van der Waals surface area contributed by atoms with Crippen LogP contribution in [0.15, 0.2) is 40.4 Å². The zero-order valence-electron chi connectivity index (χ0n) is 17.3. The third kappa shape index (κ3) is 4.58. The largest absolute Gasteiger partial charge is 0.467 e. The topological polar surface area (TPSA) is 140 Å². The van der Waals surface area contributed by atoms with Crippen molar-refractivity contribution in [2.24, 2.45) is 5.14 Å². The molecule has 170 valence electrons. The van der Waals surface area contributed by atoms with Crippen LogP contribution >= 0.6 is 11.8 Å². The van der Waals surface area contributed by atoms with E-state index in [-0.39, 0.29) is 24.0 Å². The number of thioether (sulfide) groups is 1. The summed E-state index contributed by atoms with van der Waals surface area (Å²) in [6, 6.07) is 7.62. The van der Waals surface area contributed by atoms with Crippen LogP contribution in [0, 0.1) is 10.1 Å². The van der Waals surface area contributed by atoms with Crippen molar-refractivity contribution in [3.63, 3.8) is 0 Å². The van der Waals surface area contributed by atoms with Crippen LogP contribution in [0.3, 0.4) is 0 Å². The number of primary sulfonamides is 1. The average molecular weight is 479 g/mol. The van der Waals surface area contributed by atoms with E-state index in [1.54, 1.807) is 6.07 Å². The number of fused-ring (bicyclic) bond motifs is 2. The van der Waals surface area contributed by atoms with E-state index in [0.29, 0.717) is 39.8 Å². The van der Waals surface area contributed by atoms with E-state index in [9.17, 15) is 18.5 Å². The number of benzene rings is 2. The Hall–Kier alpha value is -2.67. The summed E-state index contributed by atoms with van der Waals surface area (Å²) in [4.78, 5) is 15.6. The van der Waals surface area contributed by atoms with E-state index in [0.717, 1.165) is 18.4 Å². The second-order valence-corrected chi connectivity index (χ2v) is 9.85. The molecule has 0 fully saturated rings. The van der Waals surface area contributed by atoms with Gasteiger partial charge in [-0.25, -0.2) is 18.5 Å². The molecule has 0 bridgehead atoms. The summed E-state index contributed by atoms with van der Waals surface area (Å²) in [5.41, 5.74) is 2.63. The molecule has 3 aromatic rings. The SMILES string of the molecule is CCCCn1c(SCc2cc([N+](=O)[O-])cc3c2OCOC3)nc2cc(S(N)(=O)=O)ccc21. The van der Waals surface area contributed by atoms with E-state index < -0.39 is 14.9 Å². The number of ether oxygens (including phenoxy) is 2. The van der Waals surface area contributed by atoms with Crippen LogP contribution in [0.4, 0.5) is 5.69 Å². The molecule has 0 radical (unpaired) electrons. The number of hydrogen-bond acceptors (Lipinski definition) is 8. The second kappa shape index (κ2) is 9.06. The Balaban J connectivity index is 1.71. The molecule has 2 heterocycles. The van der Waals surface area contributed by atoms with Crippen molar-refractivity contribution in [1.29, 1.82) is 0 Å². The molecule has 0 amide bonds. The van der Waals surface area contributed by atoms with Gasteiger partial charge in [0.25, 0.3) is 5.69 Å². The number of sulfonamides is 1. The molecule has 32 heavy (non-hydrogen) atoms. The Morgan fingerprint density at radius 1 is 1.31 bits per heavy atom. The lowest BCUT2D eigenvalue weighted by molar-refractivity contribution is -0.385. The molecule has 0 atom stereocenters. The molecule has 1 aliphatic heterocycles. The van der Waals surface area contributed by atoms with Gasteiger partial charge in [0.15, 0.2) is 11.9 Å². The molecule has 0 aliphatic carbocycles. The number of nitrogens with two attached hydrogens (primary N) is 1. The Morgan fingerprint density at radius 2 is 2.12 bits per heavy atom. The maximum atomic E-state index is 11.7. The highest BCUT2D eigenvalue weighted by molar-refractivity contribution is 7.98. The van der Waals surface area contributed by atoms with E-state index in [4.69, 9.17) is 14.6 Å². The fourth-order valence-electron chi connectivity index (χ4n) is 3.54. The number of aryl methyl sites for hydroxylation is 1. The van der Waals surface area contributed by atoms with Gasteiger partial charge in [-0.2, -0.15) is 0 Å². The minimum Gasteiger partial charge on any atom is -0.467 e. The molecule has 2 N–H and O–H groups in total. The summed E-state index contributed by atoms with van der Waals surface area (Å²) in [5.74, 6) is 0.990. The Labute approximate surface area is 188 Å². The summed E-state index contributed by atoms with van der Waals surface area (Å²) < 4.78 is 36.4. The Morgan fingerprint density at radius 3 is 2.84 bits per heavy atom. The molecular formula is C20H22N4O6S2. The summed E-state index contributed by atoms with van der Waals surface area (Å²) in [6.07, 6.45) is 1.90. The molecule has 2 aromatic carbocycles. The van der Waals surface area contributed by atoms with Crippen LogP contribution in [0.1, 0.15) is 30.9 Å². The number of unbranched alkanes of at least 4 members (excludes halogenated alkanes) is 1. The summed E-state index contributed by atoms with van der Waals surface area (Å²) in [5, 5.41) is 17.3. The quantitative estimate of drug-likeness (QED) is 0.294. The number of hydrogen-bond donors (Lipinski definition) is 1. The van der Waals surface area contributed by atoms with Crippen LogP contribution in [-0.2, 0) is 33.7 Å². The first-order valence-corrected chi connectivity index (χ1v) is 12.5. The van der Waals surface area contributed by atoms with Gasteiger partial charge in [-0.15, -0.1) is 0 Å². The lowest BCUT2D eigenvalue weighted by Gasteiger charge is -2.20. The highest BCUT2D eigenvalue weighted by Crippen LogP contribution is 2.37. The predicted octanol–water partition coefficient (Wildman–Crippen LogP) is 3.55. The highest BCUT2D eigenvalue weighted by Gasteiger charge is 2.22. The van der Waals surface area contributed by atoms with Crippen molar-refractivity contribution < 1.29 is 22.8 Å². The van der Waals surface area contributed by atoms with Crippen molar-refractivity contribution >= 4 is 38.5 Å². The van der Waals surface area contributed by atoms with E-state index >= 15 is 0 Å². The van der Waals surface area contributed by atoms with Crippen molar-refractivity contribution in [3.05, 3.63) is 51.6 Å². The van der Waals surface area contributed by atoms with Gasteiger partial charge in [-0.3, -0.25) is 10.1 Å². The summed E-state index contributed by atoms with van der Waals surface area (Å²) in [7, 11) is -3.84. The molecule has 0 saturated heterocycles. The van der Waals surface area contributed by atoms with Crippen LogP contribution in [0.5, 0.6) is 5.75 Å². The van der Waals surface area contributed by atoms with E-state index in [1.807, 2.05) is 4.57 Å². The summed E-state index contributed by atoms with van der Waals surface area (Å²) >= 11 is 1.41. The van der Waals surface area contributed by atoms with Crippen molar-refractivity contribution in [2.45, 2.75) is 48.7 Å². The van der Waals surface area contributed by atoms with Gasteiger partial charge in [0.2, 0.25) is 10.0 Å². The first-order chi connectivity index (χ1) is 15.3. The van der Waals surface area contributed by atoms with Crippen LogP contribution in [0.25, 0.3) is 11.0 Å². The molecule has 0 saturated carbocycles. The Kier molecular flexibility index (Phi) is 6.38. The fraction of sp³-hybridized carbons (Fsp3) is 0.350. The van der Waals surface area contributed by atoms with Crippen LogP contribution in [0.2, 0.25) is 0 Å². The van der Waals surface area contributed by atoms with Crippen LogP contribution in [-0.4, -0.2) is 29.7 Å². The lowest BCUT2D eigenvalue weighted by atomic mass is 10.1. The highest BCUT2D eigenvalue weighted by atomic mass is 32.2. The smallest absolute Gasteiger partial charge is 0.270 e. The zero-order valence-corrected chi connectivity index (χ0v) is 18.9. The molecule has 1 aromatic heterocycles. The number of nitrogens with zero attached hydrogens (tertiary/aromatic N) is 3. The van der Waals surface area contributed by atoms with Crippen molar-refractivity contribution in [3.8, 4) is 5.75 Å². The number of nitro groups is 1. The molecular weight excluding hydrogens is 456 g/mol. The van der Waals surface area contributed by atoms with Gasteiger partial charge in [0.05, 0.1) is 27.5 Å². The van der Waals surface area contributed by atoms with Gasteiger partial charge < -0.3 is 14.0 Å². The normalized spacial score (nSPS) is 13.7. The van der Waals surface area contributed by atoms with Gasteiger partial charge in [0.1, 0.15) is 5.75 Å². The van der Waals surface area contributed by atoms with Crippen molar-refractivity contribution in [2.75, 3.05) is 6.79 Å². The minimum atomic E-state index is -3.84. The minimum absolute atomic E-state index is 0.00263. The molecule has 1 aliphatic rings. The molecule has 0 unspecified atom stereocenters. The summed E-state index contributed by atoms with van der Waals surface area (Å²) in [6.45, 7) is 3.13. The second-order valence-electron chi connectivity index (χ2n) is 7.34. The standard InChI is InChI=1S/C20H22N4O6S2/c1-2-3-6-23-18-5-4-16(32(21,27)28)9-17(18)22-20(23)31-11-14-8-15(24(25)26)7-13-10-29-12-30-19(13)14/h4-5,7-9H,2-3,6,10-12H2,1H3,(H2,21,27,28). The number of rotatable bonds is 8. The first kappa shape index (κ1) is 22.5. The van der Waals surface area contributed by atoms with Gasteiger partial charge in [-0.05, 0) is 24.6 Å². The number of imidazole rings is 1. The average Bonchev–Trinajstić information content (AvgIpc) is 3.11. The number of nitro benzene ring substituents is 1. The molecule has 10 nitrogen and oxygen atoms in total. The van der Waals surface area contributed by atoms with Gasteiger partial charge in [0, 0.05) is 35.6 Å². The monoisotopic (exact) mass is 478 g/mol. The molecule has 0 spiro atoms. The molecule has 4 rings (SSSR count). The maximum absolute atomic E-state index is 11.7. The van der Waals surface area contributed by atoms with Gasteiger partial charge >= 0.3 is 0 Å². The van der Waals surface area contributed by atoms with E-state index in [1.165, 1.54) is 36.0 Å². The third-order valence-corrected chi connectivity index (χ3v) is 7.02.